The van der Waals surface area contributed by atoms with Crippen molar-refractivity contribution < 1.29 is 4.79 Å². The van der Waals surface area contributed by atoms with Gasteiger partial charge in [-0.2, -0.15) is 5.10 Å². The molecule has 2 fully saturated rings. The fourth-order valence-electron chi connectivity index (χ4n) is 3.28. The number of carbonyl (C=O) groups excluding carboxylic acids is 1. The average molecular weight is 312 g/mol. The Morgan fingerprint density at radius 2 is 1.91 bits per heavy atom. The first-order valence-electron chi connectivity index (χ1n) is 8.01. The molecule has 7 nitrogen and oxygen atoms in total. The third kappa shape index (κ3) is 2.78. The standard InChI is InChI=1S/C16H20N6O/c1-20-11-12(10-19-20)13-9-14(13)15(23)21-5-7-22(8-6-21)16-17-3-2-4-18-16/h2-4,10-11,13-14H,5-9H2,1H3/t13-,14+/m1/s1. The second-order valence-electron chi connectivity index (χ2n) is 6.26. The van der Waals surface area contributed by atoms with Crippen LogP contribution in [0.5, 0.6) is 0 Å². The summed E-state index contributed by atoms with van der Waals surface area (Å²) in [7, 11) is 1.91. The van der Waals surface area contributed by atoms with Crippen molar-refractivity contribution in [1.29, 1.82) is 0 Å². The Morgan fingerprint density at radius 1 is 1.17 bits per heavy atom. The summed E-state index contributed by atoms with van der Waals surface area (Å²) in [6.45, 7) is 3.07. The second-order valence-corrected chi connectivity index (χ2v) is 6.26. The van der Waals surface area contributed by atoms with Gasteiger partial charge in [-0.3, -0.25) is 9.48 Å². The highest BCUT2D eigenvalue weighted by Crippen LogP contribution is 2.48. The molecular formula is C16H20N6O. The van der Waals surface area contributed by atoms with E-state index >= 15 is 0 Å². The second kappa shape index (κ2) is 5.64. The Balaban J connectivity index is 1.33. The van der Waals surface area contributed by atoms with Crippen molar-refractivity contribution in [2.75, 3.05) is 31.1 Å². The monoisotopic (exact) mass is 312 g/mol. The molecular weight excluding hydrogens is 292 g/mol. The first-order chi connectivity index (χ1) is 11.2. The van der Waals surface area contributed by atoms with Crippen LogP contribution < -0.4 is 4.90 Å². The lowest BCUT2D eigenvalue weighted by atomic mass is 10.1. The highest BCUT2D eigenvalue weighted by atomic mass is 16.2. The summed E-state index contributed by atoms with van der Waals surface area (Å²) >= 11 is 0. The van der Waals surface area contributed by atoms with Gasteiger partial charge < -0.3 is 9.80 Å². The fourth-order valence-corrected chi connectivity index (χ4v) is 3.28. The molecule has 2 aliphatic rings. The van der Waals surface area contributed by atoms with Gasteiger partial charge in [0, 0.05) is 57.7 Å². The zero-order valence-corrected chi connectivity index (χ0v) is 13.2. The molecule has 2 aromatic rings. The Bertz CT molecular complexity index is 692. The van der Waals surface area contributed by atoms with E-state index in [1.54, 1.807) is 17.1 Å². The van der Waals surface area contributed by atoms with Crippen LogP contribution in [0.4, 0.5) is 5.95 Å². The molecule has 0 bridgehead atoms. The van der Waals surface area contributed by atoms with Crippen LogP contribution in [0.25, 0.3) is 0 Å². The Kier molecular flexibility index (Phi) is 3.48. The summed E-state index contributed by atoms with van der Waals surface area (Å²) in [4.78, 5) is 25.3. The Labute approximate surface area is 134 Å². The highest BCUT2D eigenvalue weighted by molar-refractivity contribution is 5.83. The molecule has 2 aromatic heterocycles. The Morgan fingerprint density at radius 3 is 2.57 bits per heavy atom. The van der Waals surface area contributed by atoms with E-state index in [4.69, 9.17) is 0 Å². The predicted octanol–water partition coefficient (Wildman–Crippen LogP) is 0.662. The molecule has 23 heavy (non-hydrogen) atoms. The van der Waals surface area contributed by atoms with Crippen molar-refractivity contribution in [3.8, 4) is 0 Å². The minimum atomic E-state index is 0.138. The van der Waals surface area contributed by atoms with Crippen LogP contribution in [0.15, 0.2) is 30.9 Å². The lowest BCUT2D eigenvalue weighted by molar-refractivity contribution is -0.133. The zero-order valence-electron chi connectivity index (χ0n) is 13.2. The first kappa shape index (κ1) is 14.2. The molecule has 3 heterocycles. The van der Waals surface area contributed by atoms with Gasteiger partial charge in [0.05, 0.1) is 6.20 Å². The van der Waals surface area contributed by atoms with Crippen molar-refractivity contribution in [3.05, 3.63) is 36.4 Å². The molecule has 2 atom stereocenters. The number of rotatable bonds is 3. The minimum Gasteiger partial charge on any atom is -0.339 e. The summed E-state index contributed by atoms with van der Waals surface area (Å²) in [5.41, 5.74) is 1.18. The molecule has 7 heteroatoms. The molecule has 0 aromatic carbocycles. The van der Waals surface area contributed by atoms with Gasteiger partial charge in [-0.15, -0.1) is 0 Å². The zero-order chi connectivity index (χ0) is 15.8. The summed E-state index contributed by atoms with van der Waals surface area (Å²) in [5.74, 6) is 1.53. The van der Waals surface area contributed by atoms with Crippen molar-refractivity contribution in [1.82, 2.24) is 24.6 Å². The van der Waals surface area contributed by atoms with Gasteiger partial charge in [0.2, 0.25) is 11.9 Å². The van der Waals surface area contributed by atoms with Gasteiger partial charge in [-0.1, -0.05) is 0 Å². The number of aromatic nitrogens is 4. The van der Waals surface area contributed by atoms with Crippen LogP contribution in [0, 0.1) is 5.92 Å². The van der Waals surface area contributed by atoms with E-state index in [1.807, 2.05) is 30.4 Å². The van der Waals surface area contributed by atoms with E-state index < -0.39 is 0 Å². The molecule has 0 unspecified atom stereocenters. The third-order valence-corrected chi connectivity index (χ3v) is 4.69. The Hall–Kier alpha value is -2.44. The third-order valence-electron chi connectivity index (χ3n) is 4.69. The van der Waals surface area contributed by atoms with E-state index in [9.17, 15) is 4.79 Å². The number of hydrogen-bond donors (Lipinski definition) is 0. The van der Waals surface area contributed by atoms with E-state index in [0.29, 0.717) is 5.92 Å². The smallest absolute Gasteiger partial charge is 0.226 e. The van der Waals surface area contributed by atoms with Crippen LogP contribution in [-0.4, -0.2) is 56.7 Å². The maximum absolute atomic E-state index is 12.6. The number of nitrogens with zero attached hydrogens (tertiary/aromatic N) is 6. The van der Waals surface area contributed by atoms with Gasteiger partial charge in [0.15, 0.2) is 0 Å². The van der Waals surface area contributed by atoms with Gasteiger partial charge >= 0.3 is 0 Å². The average Bonchev–Trinajstić information content (AvgIpc) is 3.29. The maximum Gasteiger partial charge on any atom is 0.226 e. The van der Waals surface area contributed by atoms with E-state index in [2.05, 4.69) is 20.0 Å². The quantitative estimate of drug-likeness (QED) is 0.833. The first-order valence-corrected chi connectivity index (χ1v) is 8.01. The van der Waals surface area contributed by atoms with E-state index in [1.165, 1.54) is 5.56 Å². The number of aryl methyl sites for hydroxylation is 1. The molecule has 1 saturated heterocycles. The van der Waals surface area contributed by atoms with Crippen molar-refractivity contribution >= 4 is 11.9 Å². The molecule has 0 radical (unpaired) electrons. The molecule has 4 rings (SSSR count). The SMILES string of the molecule is Cn1cc([C@H]2C[C@@H]2C(=O)N2CCN(c3ncccn3)CC2)cn1. The highest BCUT2D eigenvalue weighted by Gasteiger charge is 2.46. The summed E-state index contributed by atoms with van der Waals surface area (Å²) < 4.78 is 1.80. The van der Waals surface area contributed by atoms with Gasteiger partial charge in [0.25, 0.3) is 0 Å². The van der Waals surface area contributed by atoms with Crippen molar-refractivity contribution in [3.63, 3.8) is 0 Å². The summed E-state index contributed by atoms with van der Waals surface area (Å²) in [6, 6.07) is 1.81. The molecule has 1 aliphatic carbocycles. The lowest BCUT2D eigenvalue weighted by Gasteiger charge is -2.34. The van der Waals surface area contributed by atoms with Crippen LogP contribution in [0.1, 0.15) is 17.9 Å². The van der Waals surface area contributed by atoms with Crippen LogP contribution in [0.2, 0.25) is 0 Å². The molecule has 1 amide bonds. The molecule has 0 spiro atoms. The largest absolute Gasteiger partial charge is 0.339 e. The van der Waals surface area contributed by atoms with Crippen LogP contribution in [0.3, 0.4) is 0 Å². The normalized spacial score (nSPS) is 23.9. The van der Waals surface area contributed by atoms with Gasteiger partial charge in [0.1, 0.15) is 0 Å². The fraction of sp³-hybridized carbons (Fsp3) is 0.500. The predicted molar refractivity (Wildman–Crippen MR) is 84.9 cm³/mol. The van der Waals surface area contributed by atoms with Gasteiger partial charge in [-0.05, 0) is 24.0 Å². The van der Waals surface area contributed by atoms with Gasteiger partial charge in [-0.25, -0.2) is 9.97 Å². The lowest BCUT2D eigenvalue weighted by Crippen LogP contribution is -2.49. The topological polar surface area (TPSA) is 67.2 Å². The van der Waals surface area contributed by atoms with Crippen molar-refractivity contribution in [2.24, 2.45) is 13.0 Å². The summed E-state index contributed by atoms with van der Waals surface area (Å²) in [6.07, 6.45) is 8.35. The van der Waals surface area contributed by atoms with Crippen LogP contribution in [-0.2, 0) is 11.8 Å². The van der Waals surface area contributed by atoms with E-state index in [0.717, 1.165) is 38.5 Å². The van der Waals surface area contributed by atoms with Crippen molar-refractivity contribution in [2.45, 2.75) is 12.3 Å². The molecule has 0 N–H and O–H groups in total. The number of piperazine rings is 1. The molecule has 120 valence electrons. The van der Waals surface area contributed by atoms with Crippen LogP contribution >= 0.6 is 0 Å². The summed E-state index contributed by atoms with van der Waals surface area (Å²) in [5, 5.41) is 4.20. The number of amides is 1. The molecule has 1 saturated carbocycles. The number of hydrogen-bond acceptors (Lipinski definition) is 5. The number of anilines is 1. The van der Waals surface area contributed by atoms with E-state index in [-0.39, 0.29) is 11.8 Å². The maximum atomic E-state index is 12.6. The molecule has 1 aliphatic heterocycles. The number of carbonyl (C=O) groups is 1. The minimum absolute atomic E-state index is 0.138.